The van der Waals surface area contributed by atoms with Crippen molar-refractivity contribution >= 4 is 17.8 Å². The second-order valence-electron chi connectivity index (χ2n) is 5.51. The van der Waals surface area contributed by atoms with E-state index in [1.54, 1.807) is 37.3 Å². The van der Waals surface area contributed by atoms with E-state index < -0.39 is 17.7 Å². The van der Waals surface area contributed by atoms with Crippen molar-refractivity contribution in [2.45, 2.75) is 13.1 Å². The van der Waals surface area contributed by atoms with Gasteiger partial charge in [-0.15, -0.1) is 0 Å². The van der Waals surface area contributed by atoms with Crippen LogP contribution < -0.4 is 0 Å². The van der Waals surface area contributed by atoms with Crippen molar-refractivity contribution in [3.05, 3.63) is 89.0 Å². The van der Waals surface area contributed by atoms with Gasteiger partial charge in [0.15, 0.2) is 0 Å². The van der Waals surface area contributed by atoms with Crippen molar-refractivity contribution in [3.8, 4) is 0 Å². The Labute approximate surface area is 154 Å². The molecule has 2 rings (SSSR count). The van der Waals surface area contributed by atoms with Gasteiger partial charge >= 0.3 is 12.1 Å². The SMILES string of the molecule is CCOC(=O)/C=C/C=C(\c1ccc(C=O)cc1)c1ccc(C(F)(F)F)cc1. The molecular formula is C21H17F3O3. The lowest BCUT2D eigenvalue weighted by molar-refractivity contribution is -0.138. The highest BCUT2D eigenvalue weighted by atomic mass is 19.4. The molecule has 0 bridgehead atoms. The summed E-state index contributed by atoms with van der Waals surface area (Å²) in [7, 11) is 0. The van der Waals surface area contributed by atoms with Gasteiger partial charge < -0.3 is 4.74 Å². The van der Waals surface area contributed by atoms with E-state index in [0.29, 0.717) is 28.5 Å². The molecule has 0 N–H and O–H groups in total. The number of esters is 1. The van der Waals surface area contributed by atoms with E-state index in [-0.39, 0.29) is 6.61 Å². The van der Waals surface area contributed by atoms with Crippen LogP contribution in [0.1, 0.15) is 34.0 Å². The highest BCUT2D eigenvalue weighted by Crippen LogP contribution is 2.31. The summed E-state index contributed by atoms with van der Waals surface area (Å²) in [5.74, 6) is -0.517. The first-order valence-corrected chi connectivity index (χ1v) is 8.13. The van der Waals surface area contributed by atoms with Crippen LogP contribution in [-0.4, -0.2) is 18.9 Å². The molecule has 2 aromatic carbocycles. The highest BCUT2D eigenvalue weighted by molar-refractivity contribution is 5.85. The zero-order valence-corrected chi connectivity index (χ0v) is 14.5. The lowest BCUT2D eigenvalue weighted by Gasteiger charge is -2.11. The van der Waals surface area contributed by atoms with E-state index in [1.807, 2.05) is 0 Å². The summed E-state index contributed by atoms with van der Waals surface area (Å²) < 4.78 is 43.1. The van der Waals surface area contributed by atoms with Gasteiger partial charge in [0.05, 0.1) is 12.2 Å². The first-order valence-electron chi connectivity index (χ1n) is 8.13. The van der Waals surface area contributed by atoms with Crippen LogP contribution >= 0.6 is 0 Å². The monoisotopic (exact) mass is 374 g/mol. The van der Waals surface area contributed by atoms with E-state index in [2.05, 4.69) is 0 Å². The van der Waals surface area contributed by atoms with Crippen LogP contribution in [0, 0.1) is 0 Å². The largest absolute Gasteiger partial charge is 0.463 e. The zero-order chi connectivity index (χ0) is 19.9. The summed E-state index contributed by atoms with van der Waals surface area (Å²) in [6.07, 6.45) is 0.589. The molecule has 0 aliphatic carbocycles. The summed E-state index contributed by atoms with van der Waals surface area (Å²) in [6, 6.07) is 11.3. The number of carbonyl (C=O) groups is 2. The maximum absolute atomic E-state index is 12.8. The minimum atomic E-state index is -4.42. The lowest BCUT2D eigenvalue weighted by atomic mass is 9.95. The van der Waals surface area contributed by atoms with Crippen LogP contribution in [0.15, 0.2) is 66.8 Å². The van der Waals surface area contributed by atoms with Gasteiger partial charge in [0.25, 0.3) is 0 Å². The highest BCUT2D eigenvalue weighted by Gasteiger charge is 2.30. The van der Waals surface area contributed by atoms with Gasteiger partial charge in [-0.2, -0.15) is 13.2 Å². The van der Waals surface area contributed by atoms with E-state index >= 15 is 0 Å². The Balaban J connectivity index is 2.42. The quantitative estimate of drug-likeness (QED) is 0.307. The normalized spacial score (nSPS) is 12.2. The van der Waals surface area contributed by atoms with Crippen LogP contribution in [0.4, 0.5) is 13.2 Å². The molecule has 2 aromatic rings. The summed E-state index contributed by atoms with van der Waals surface area (Å²) in [5.41, 5.74) is 1.56. The Hall–Kier alpha value is -3.15. The first-order chi connectivity index (χ1) is 12.8. The average molecular weight is 374 g/mol. The second kappa shape index (κ2) is 8.98. The number of rotatable bonds is 6. The molecule has 0 heterocycles. The molecule has 140 valence electrons. The third-order valence-corrected chi connectivity index (χ3v) is 3.66. The summed E-state index contributed by atoms with van der Waals surface area (Å²) in [5, 5.41) is 0. The smallest absolute Gasteiger partial charge is 0.416 e. The number of allylic oxidation sites excluding steroid dienone is 2. The molecule has 27 heavy (non-hydrogen) atoms. The minimum Gasteiger partial charge on any atom is -0.463 e. The molecule has 0 aromatic heterocycles. The number of alkyl halides is 3. The molecule has 0 fully saturated rings. The number of carbonyl (C=O) groups excluding carboxylic acids is 2. The fraction of sp³-hybridized carbons (Fsp3) is 0.143. The molecule has 0 aliphatic heterocycles. The van der Waals surface area contributed by atoms with Gasteiger partial charge in [-0.05, 0) is 35.8 Å². The van der Waals surface area contributed by atoms with Crippen LogP contribution in [-0.2, 0) is 15.7 Å². The number of hydrogen-bond acceptors (Lipinski definition) is 3. The summed E-state index contributed by atoms with van der Waals surface area (Å²) >= 11 is 0. The Morgan fingerprint density at radius 2 is 1.56 bits per heavy atom. The molecule has 0 unspecified atom stereocenters. The summed E-state index contributed by atoms with van der Waals surface area (Å²) in [6.45, 7) is 1.93. The summed E-state index contributed by atoms with van der Waals surface area (Å²) in [4.78, 5) is 22.2. The van der Waals surface area contributed by atoms with Crippen LogP contribution in [0.2, 0.25) is 0 Å². The van der Waals surface area contributed by atoms with Crippen molar-refractivity contribution in [2.75, 3.05) is 6.61 Å². The van der Waals surface area contributed by atoms with Crippen molar-refractivity contribution in [1.82, 2.24) is 0 Å². The molecule has 0 atom stereocenters. The number of aldehydes is 1. The Kier molecular flexibility index (Phi) is 6.71. The van der Waals surface area contributed by atoms with Crippen molar-refractivity contribution in [1.29, 1.82) is 0 Å². The molecule has 3 nitrogen and oxygen atoms in total. The number of halogens is 3. The topological polar surface area (TPSA) is 43.4 Å². The molecule has 0 spiro atoms. The fourth-order valence-electron chi connectivity index (χ4n) is 2.35. The third-order valence-electron chi connectivity index (χ3n) is 3.66. The average Bonchev–Trinajstić information content (AvgIpc) is 2.65. The van der Waals surface area contributed by atoms with Crippen molar-refractivity contribution in [2.24, 2.45) is 0 Å². The van der Waals surface area contributed by atoms with Gasteiger partial charge in [-0.3, -0.25) is 4.79 Å². The van der Waals surface area contributed by atoms with Gasteiger partial charge in [0, 0.05) is 11.6 Å². The maximum atomic E-state index is 12.8. The Morgan fingerprint density at radius 3 is 2.04 bits per heavy atom. The molecule has 6 heteroatoms. The van der Waals surface area contributed by atoms with Crippen molar-refractivity contribution < 1.29 is 27.5 Å². The van der Waals surface area contributed by atoms with Crippen molar-refractivity contribution in [3.63, 3.8) is 0 Å². The van der Waals surface area contributed by atoms with Gasteiger partial charge in [0.2, 0.25) is 0 Å². The first kappa shape index (κ1) is 20.2. The third kappa shape index (κ3) is 5.67. The fourth-order valence-corrected chi connectivity index (χ4v) is 2.35. The van der Waals surface area contributed by atoms with E-state index in [9.17, 15) is 22.8 Å². The van der Waals surface area contributed by atoms with Gasteiger partial charge in [-0.25, -0.2) is 4.79 Å². The van der Waals surface area contributed by atoms with Crippen LogP contribution in [0.3, 0.4) is 0 Å². The Bertz CT molecular complexity index is 846. The number of hydrogen-bond donors (Lipinski definition) is 0. The molecular weight excluding hydrogens is 357 g/mol. The van der Waals surface area contributed by atoms with Gasteiger partial charge in [0.1, 0.15) is 6.29 Å². The zero-order valence-electron chi connectivity index (χ0n) is 14.5. The molecule has 0 aliphatic rings. The lowest BCUT2D eigenvalue weighted by Crippen LogP contribution is -2.04. The van der Waals surface area contributed by atoms with E-state index in [1.165, 1.54) is 24.3 Å². The molecule has 0 radical (unpaired) electrons. The van der Waals surface area contributed by atoms with Crippen LogP contribution in [0.5, 0.6) is 0 Å². The van der Waals surface area contributed by atoms with Crippen LogP contribution in [0.25, 0.3) is 5.57 Å². The number of benzene rings is 2. The number of ether oxygens (including phenoxy) is 1. The standard InChI is InChI=1S/C21H17F3O3/c1-2-27-20(26)5-3-4-19(16-8-6-15(14-25)7-9-16)17-10-12-18(13-11-17)21(22,23)24/h3-14H,2H2,1H3/b5-3+,19-4+. The molecule has 0 amide bonds. The minimum absolute atomic E-state index is 0.242. The second-order valence-corrected chi connectivity index (χ2v) is 5.51. The van der Waals surface area contributed by atoms with E-state index in [0.717, 1.165) is 12.1 Å². The molecule has 0 saturated heterocycles. The predicted octanol–water partition coefficient (Wildman–Crippen LogP) is 5.07. The Morgan fingerprint density at radius 1 is 1.00 bits per heavy atom. The maximum Gasteiger partial charge on any atom is 0.416 e. The van der Waals surface area contributed by atoms with E-state index in [4.69, 9.17) is 4.74 Å². The molecule has 0 saturated carbocycles. The van der Waals surface area contributed by atoms with Gasteiger partial charge in [-0.1, -0.05) is 48.6 Å². The predicted molar refractivity (Wildman–Crippen MR) is 96.1 cm³/mol.